The second kappa shape index (κ2) is 10.0. The minimum Gasteiger partial charge on any atom is -0.497 e. The van der Waals surface area contributed by atoms with Crippen molar-refractivity contribution in [2.24, 2.45) is 0 Å². The van der Waals surface area contributed by atoms with E-state index < -0.39 is 0 Å². The lowest BCUT2D eigenvalue weighted by Gasteiger charge is -2.26. The second-order valence-corrected chi connectivity index (χ2v) is 8.14. The Kier molecular flexibility index (Phi) is 6.93. The number of carbonyl (C=O) groups excluding carboxylic acids is 1. The van der Waals surface area contributed by atoms with Crippen molar-refractivity contribution in [2.45, 2.75) is 13.8 Å². The zero-order valence-corrected chi connectivity index (χ0v) is 19.1. The molecule has 6 heteroatoms. The summed E-state index contributed by atoms with van der Waals surface area (Å²) in [5.74, 6) is 0.761. The largest absolute Gasteiger partial charge is 0.497 e. The summed E-state index contributed by atoms with van der Waals surface area (Å²) in [5.41, 5.74) is 5.85. The highest BCUT2D eigenvalue weighted by Crippen LogP contribution is 2.31. The number of aryl methyl sites for hydroxylation is 1. The fourth-order valence-electron chi connectivity index (χ4n) is 4.09. The number of rotatable bonds is 7. The Balaban J connectivity index is 1.62. The number of benzene rings is 2. The Morgan fingerprint density at radius 2 is 1.72 bits per heavy atom. The first kappa shape index (κ1) is 22.1. The summed E-state index contributed by atoms with van der Waals surface area (Å²) in [6.45, 7) is 8.88. The van der Waals surface area contributed by atoms with Gasteiger partial charge in [0.15, 0.2) is 0 Å². The normalized spacial score (nSPS) is 14.3. The van der Waals surface area contributed by atoms with Crippen LogP contribution in [0.1, 0.15) is 21.6 Å². The number of carbonyl (C=O) groups is 1. The van der Waals surface area contributed by atoms with Crippen LogP contribution in [0.5, 0.6) is 5.75 Å². The van der Waals surface area contributed by atoms with Gasteiger partial charge >= 0.3 is 0 Å². The van der Waals surface area contributed by atoms with Gasteiger partial charge in [-0.3, -0.25) is 9.69 Å². The Hall–Kier alpha value is -3.09. The van der Waals surface area contributed by atoms with Gasteiger partial charge in [0.1, 0.15) is 5.75 Å². The molecule has 6 nitrogen and oxygen atoms in total. The summed E-state index contributed by atoms with van der Waals surface area (Å²) in [4.78, 5) is 15.4. The van der Waals surface area contributed by atoms with Gasteiger partial charge in [0, 0.05) is 37.6 Å². The van der Waals surface area contributed by atoms with E-state index >= 15 is 0 Å². The van der Waals surface area contributed by atoms with Crippen LogP contribution in [-0.2, 0) is 4.74 Å². The molecular formula is C26H31N3O3. The molecule has 0 radical (unpaired) electrons. The number of hydrogen-bond acceptors (Lipinski definition) is 4. The van der Waals surface area contributed by atoms with E-state index in [4.69, 9.17) is 9.47 Å². The van der Waals surface area contributed by atoms with E-state index in [1.165, 1.54) is 5.56 Å². The zero-order valence-electron chi connectivity index (χ0n) is 19.1. The topological polar surface area (TPSA) is 55.7 Å². The number of nitrogens with zero attached hydrogens (tertiary/aromatic N) is 2. The highest BCUT2D eigenvalue weighted by Gasteiger charge is 2.20. The van der Waals surface area contributed by atoms with E-state index in [0.29, 0.717) is 12.1 Å². The molecule has 0 unspecified atom stereocenters. The highest BCUT2D eigenvalue weighted by atomic mass is 16.5. The maximum atomic E-state index is 13.1. The van der Waals surface area contributed by atoms with Crippen LogP contribution in [0.25, 0.3) is 16.9 Å². The van der Waals surface area contributed by atoms with Gasteiger partial charge in [-0.2, -0.15) is 0 Å². The molecule has 1 N–H and O–H groups in total. The maximum Gasteiger partial charge on any atom is 0.253 e. The molecule has 3 aromatic rings. The van der Waals surface area contributed by atoms with Crippen molar-refractivity contribution in [1.29, 1.82) is 0 Å². The van der Waals surface area contributed by atoms with E-state index in [0.717, 1.165) is 61.2 Å². The number of amides is 1. The van der Waals surface area contributed by atoms with Crippen molar-refractivity contribution in [2.75, 3.05) is 46.5 Å². The van der Waals surface area contributed by atoms with Gasteiger partial charge in [-0.25, -0.2) is 0 Å². The molecule has 0 saturated carbocycles. The van der Waals surface area contributed by atoms with E-state index in [-0.39, 0.29) is 5.91 Å². The predicted octanol–water partition coefficient (Wildman–Crippen LogP) is 3.83. The number of aromatic nitrogens is 1. The third kappa shape index (κ3) is 4.87. The molecule has 0 bridgehead atoms. The SMILES string of the molecule is COc1ccc(-c2cc(C(=O)NCCN3CCOCC3)c(C)n2-c2ccc(C)cc2)cc1. The van der Waals surface area contributed by atoms with Gasteiger partial charge < -0.3 is 19.4 Å². The zero-order chi connectivity index (χ0) is 22.5. The lowest BCUT2D eigenvalue weighted by atomic mass is 10.1. The van der Waals surface area contributed by atoms with Crippen LogP contribution in [-0.4, -0.2) is 61.9 Å². The van der Waals surface area contributed by atoms with Crippen LogP contribution in [0.2, 0.25) is 0 Å². The van der Waals surface area contributed by atoms with Crippen LogP contribution in [0.3, 0.4) is 0 Å². The number of hydrogen-bond donors (Lipinski definition) is 1. The van der Waals surface area contributed by atoms with Gasteiger partial charge in [-0.15, -0.1) is 0 Å². The molecule has 0 spiro atoms. The number of nitrogens with one attached hydrogen (secondary N) is 1. The van der Waals surface area contributed by atoms with Gasteiger partial charge in [0.05, 0.1) is 31.6 Å². The molecule has 168 valence electrons. The second-order valence-electron chi connectivity index (χ2n) is 8.14. The van der Waals surface area contributed by atoms with Crippen LogP contribution in [0, 0.1) is 13.8 Å². The smallest absolute Gasteiger partial charge is 0.253 e. The number of methoxy groups -OCH3 is 1. The molecule has 2 aromatic carbocycles. The van der Waals surface area contributed by atoms with Crippen LogP contribution < -0.4 is 10.1 Å². The molecule has 1 aromatic heterocycles. The average molecular weight is 434 g/mol. The van der Waals surface area contributed by atoms with E-state index in [1.807, 2.05) is 37.3 Å². The molecule has 0 atom stereocenters. The molecule has 32 heavy (non-hydrogen) atoms. The van der Waals surface area contributed by atoms with E-state index in [1.54, 1.807) is 7.11 Å². The van der Waals surface area contributed by atoms with Crippen molar-refractivity contribution in [3.8, 4) is 22.7 Å². The number of ether oxygens (including phenoxy) is 2. The van der Waals surface area contributed by atoms with Crippen molar-refractivity contribution >= 4 is 5.91 Å². The number of morpholine rings is 1. The third-order valence-electron chi connectivity index (χ3n) is 5.99. The van der Waals surface area contributed by atoms with Crippen molar-refractivity contribution in [3.63, 3.8) is 0 Å². The predicted molar refractivity (Wildman–Crippen MR) is 127 cm³/mol. The van der Waals surface area contributed by atoms with E-state index in [2.05, 4.69) is 46.0 Å². The van der Waals surface area contributed by atoms with Gasteiger partial charge in [0.2, 0.25) is 0 Å². The van der Waals surface area contributed by atoms with Crippen LogP contribution in [0.4, 0.5) is 0 Å². The molecule has 1 fully saturated rings. The first-order valence-electron chi connectivity index (χ1n) is 11.1. The lowest BCUT2D eigenvalue weighted by molar-refractivity contribution is 0.0383. The van der Waals surface area contributed by atoms with Crippen LogP contribution in [0.15, 0.2) is 54.6 Å². The Bertz CT molecular complexity index is 1050. The molecular weight excluding hydrogens is 402 g/mol. The minimum absolute atomic E-state index is 0.0450. The fraction of sp³-hybridized carbons (Fsp3) is 0.346. The van der Waals surface area contributed by atoms with Gasteiger partial charge in [-0.05, 0) is 61.9 Å². The average Bonchev–Trinajstić information content (AvgIpc) is 3.17. The molecule has 1 amide bonds. The molecule has 2 heterocycles. The molecule has 1 saturated heterocycles. The molecule has 4 rings (SSSR count). The Morgan fingerprint density at radius 3 is 2.38 bits per heavy atom. The maximum absolute atomic E-state index is 13.1. The summed E-state index contributed by atoms with van der Waals surface area (Å²) in [5, 5.41) is 3.10. The van der Waals surface area contributed by atoms with E-state index in [9.17, 15) is 4.79 Å². The van der Waals surface area contributed by atoms with Crippen molar-refractivity contribution in [3.05, 3.63) is 71.4 Å². The van der Waals surface area contributed by atoms with Crippen molar-refractivity contribution < 1.29 is 14.3 Å². The summed E-state index contributed by atoms with van der Waals surface area (Å²) in [6.07, 6.45) is 0. The molecule has 1 aliphatic rings. The lowest BCUT2D eigenvalue weighted by Crippen LogP contribution is -2.41. The summed E-state index contributed by atoms with van der Waals surface area (Å²) in [7, 11) is 1.66. The summed E-state index contributed by atoms with van der Waals surface area (Å²) < 4.78 is 12.9. The van der Waals surface area contributed by atoms with Gasteiger partial charge in [0.25, 0.3) is 5.91 Å². The monoisotopic (exact) mass is 433 g/mol. The third-order valence-corrected chi connectivity index (χ3v) is 5.99. The quantitative estimate of drug-likeness (QED) is 0.615. The minimum atomic E-state index is -0.0450. The summed E-state index contributed by atoms with van der Waals surface area (Å²) >= 11 is 0. The molecule has 1 aliphatic heterocycles. The van der Waals surface area contributed by atoms with Crippen LogP contribution >= 0.6 is 0 Å². The Labute approximate surface area is 189 Å². The highest BCUT2D eigenvalue weighted by molar-refractivity contribution is 5.97. The first-order chi connectivity index (χ1) is 15.6. The van der Waals surface area contributed by atoms with Gasteiger partial charge in [-0.1, -0.05) is 17.7 Å². The van der Waals surface area contributed by atoms with Crippen molar-refractivity contribution in [1.82, 2.24) is 14.8 Å². The fourth-order valence-corrected chi connectivity index (χ4v) is 4.09. The first-order valence-corrected chi connectivity index (χ1v) is 11.1. The summed E-state index contributed by atoms with van der Waals surface area (Å²) in [6, 6.07) is 18.3. The standard InChI is InChI=1S/C26H31N3O3/c1-19-4-8-22(9-5-19)29-20(2)24(18-25(29)21-6-10-23(31-3)11-7-21)26(30)27-12-13-28-14-16-32-17-15-28/h4-11,18H,12-17H2,1-3H3,(H,27,30). The Morgan fingerprint density at radius 1 is 1.03 bits per heavy atom. The molecule has 0 aliphatic carbocycles.